The SMILES string of the molecule is C=C1Cc2c(F)cccc2N1. The Kier molecular flexibility index (Phi) is 1.22. The third kappa shape index (κ3) is 0.909. The van der Waals surface area contributed by atoms with Crippen molar-refractivity contribution in [1.29, 1.82) is 0 Å². The second-order valence-electron chi connectivity index (χ2n) is 2.67. The first kappa shape index (κ1) is 6.40. The second kappa shape index (κ2) is 2.09. The zero-order chi connectivity index (χ0) is 7.84. The summed E-state index contributed by atoms with van der Waals surface area (Å²) in [7, 11) is 0. The van der Waals surface area contributed by atoms with Crippen LogP contribution in [0.15, 0.2) is 30.5 Å². The molecule has 1 aliphatic heterocycles. The molecule has 1 N–H and O–H groups in total. The Bertz CT molecular complexity index is 317. The van der Waals surface area contributed by atoms with Gasteiger partial charge in [0.1, 0.15) is 5.82 Å². The minimum Gasteiger partial charge on any atom is -0.359 e. The fourth-order valence-corrected chi connectivity index (χ4v) is 1.30. The third-order valence-electron chi connectivity index (χ3n) is 1.82. The van der Waals surface area contributed by atoms with Crippen LogP contribution in [0.25, 0.3) is 0 Å². The summed E-state index contributed by atoms with van der Waals surface area (Å²) in [6, 6.07) is 5.02. The number of hydrogen-bond acceptors (Lipinski definition) is 1. The normalized spacial score (nSPS) is 14.5. The largest absolute Gasteiger partial charge is 0.359 e. The van der Waals surface area contributed by atoms with Crippen molar-refractivity contribution in [3.63, 3.8) is 0 Å². The van der Waals surface area contributed by atoms with E-state index >= 15 is 0 Å². The van der Waals surface area contributed by atoms with Gasteiger partial charge in [0.05, 0.1) is 0 Å². The lowest BCUT2D eigenvalue weighted by atomic mass is 10.1. The van der Waals surface area contributed by atoms with Crippen molar-refractivity contribution in [1.82, 2.24) is 0 Å². The van der Waals surface area contributed by atoms with Gasteiger partial charge in [-0.05, 0) is 12.1 Å². The van der Waals surface area contributed by atoms with Crippen LogP contribution >= 0.6 is 0 Å². The summed E-state index contributed by atoms with van der Waals surface area (Å²) in [5.74, 6) is -0.145. The van der Waals surface area contributed by atoms with Crippen molar-refractivity contribution in [2.75, 3.05) is 5.32 Å². The Hall–Kier alpha value is -1.31. The van der Waals surface area contributed by atoms with E-state index in [-0.39, 0.29) is 5.82 Å². The molecule has 1 heterocycles. The average molecular weight is 149 g/mol. The number of benzene rings is 1. The van der Waals surface area contributed by atoms with Crippen molar-refractivity contribution in [2.45, 2.75) is 6.42 Å². The molecule has 0 saturated heterocycles. The van der Waals surface area contributed by atoms with Gasteiger partial charge in [0, 0.05) is 23.4 Å². The van der Waals surface area contributed by atoms with E-state index in [1.165, 1.54) is 6.07 Å². The van der Waals surface area contributed by atoms with Gasteiger partial charge in [-0.2, -0.15) is 0 Å². The Morgan fingerprint density at radius 2 is 2.27 bits per heavy atom. The molecule has 0 radical (unpaired) electrons. The smallest absolute Gasteiger partial charge is 0.128 e. The van der Waals surface area contributed by atoms with Crippen molar-refractivity contribution in [3.05, 3.63) is 41.9 Å². The molecule has 1 aliphatic rings. The number of hydrogen-bond donors (Lipinski definition) is 1. The van der Waals surface area contributed by atoms with E-state index in [2.05, 4.69) is 11.9 Å². The molecule has 1 aromatic rings. The average Bonchev–Trinajstić information content (AvgIpc) is 2.31. The van der Waals surface area contributed by atoms with Gasteiger partial charge in [0.25, 0.3) is 0 Å². The molecular weight excluding hydrogens is 141 g/mol. The van der Waals surface area contributed by atoms with E-state index in [9.17, 15) is 4.39 Å². The summed E-state index contributed by atoms with van der Waals surface area (Å²) in [5, 5.41) is 3.00. The number of rotatable bonds is 0. The van der Waals surface area contributed by atoms with Crippen LogP contribution in [0, 0.1) is 5.82 Å². The van der Waals surface area contributed by atoms with E-state index in [0.29, 0.717) is 6.42 Å². The number of halogens is 1. The summed E-state index contributed by atoms with van der Waals surface area (Å²) in [6.45, 7) is 3.73. The van der Waals surface area contributed by atoms with E-state index in [4.69, 9.17) is 0 Å². The van der Waals surface area contributed by atoms with Crippen molar-refractivity contribution in [2.24, 2.45) is 0 Å². The molecule has 0 amide bonds. The monoisotopic (exact) mass is 149 g/mol. The van der Waals surface area contributed by atoms with Gasteiger partial charge in [0.2, 0.25) is 0 Å². The highest BCUT2D eigenvalue weighted by molar-refractivity contribution is 5.61. The van der Waals surface area contributed by atoms with Crippen LogP contribution in [0.2, 0.25) is 0 Å². The minimum atomic E-state index is -0.145. The summed E-state index contributed by atoms with van der Waals surface area (Å²) < 4.78 is 13.0. The summed E-state index contributed by atoms with van der Waals surface area (Å²) in [5.41, 5.74) is 2.46. The zero-order valence-corrected chi connectivity index (χ0v) is 6.02. The predicted molar refractivity (Wildman–Crippen MR) is 42.9 cm³/mol. The molecule has 56 valence electrons. The standard InChI is InChI=1S/C9H8FN/c1-6-5-7-8(10)3-2-4-9(7)11-6/h2-4,11H,1,5H2. The third-order valence-corrected chi connectivity index (χ3v) is 1.82. The van der Waals surface area contributed by atoms with Crippen LogP contribution in [0.1, 0.15) is 5.56 Å². The Morgan fingerprint density at radius 1 is 1.45 bits per heavy atom. The molecule has 2 rings (SSSR count). The first-order chi connectivity index (χ1) is 5.27. The van der Waals surface area contributed by atoms with Crippen LogP contribution in [0.3, 0.4) is 0 Å². The number of allylic oxidation sites excluding steroid dienone is 1. The molecule has 0 saturated carbocycles. The lowest BCUT2D eigenvalue weighted by Gasteiger charge is -1.97. The van der Waals surface area contributed by atoms with Gasteiger partial charge in [-0.1, -0.05) is 12.6 Å². The van der Waals surface area contributed by atoms with Gasteiger partial charge in [-0.3, -0.25) is 0 Å². The van der Waals surface area contributed by atoms with Gasteiger partial charge in [-0.25, -0.2) is 4.39 Å². The maximum atomic E-state index is 13.0. The Morgan fingerprint density at radius 3 is 3.00 bits per heavy atom. The summed E-state index contributed by atoms with van der Waals surface area (Å²) in [6.07, 6.45) is 0.613. The van der Waals surface area contributed by atoms with Gasteiger partial charge in [-0.15, -0.1) is 0 Å². The fourth-order valence-electron chi connectivity index (χ4n) is 1.30. The molecule has 11 heavy (non-hydrogen) atoms. The molecule has 1 nitrogen and oxygen atoms in total. The lowest BCUT2D eigenvalue weighted by molar-refractivity contribution is 0.617. The van der Waals surface area contributed by atoms with E-state index < -0.39 is 0 Å². The molecular formula is C9H8FN. The molecule has 0 aliphatic carbocycles. The molecule has 0 bridgehead atoms. The van der Waals surface area contributed by atoms with Crippen molar-refractivity contribution < 1.29 is 4.39 Å². The predicted octanol–water partition coefficient (Wildman–Crippen LogP) is 2.31. The van der Waals surface area contributed by atoms with Crippen molar-refractivity contribution in [3.8, 4) is 0 Å². The summed E-state index contributed by atoms with van der Waals surface area (Å²) >= 11 is 0. The van der Waals surface area contributed by atoms with E-state index in [1.807, 2.05) is 6.07 Å². The molecule has 0 spiro atoms. The Balaban J connectivity index is 2.57. The molecule has 2 heteroatoms. The quantitative estimate of drug-likeness (QED) is 0.596. The zero-order valence-electron chi connectivity index (χ0n) is 6.02. The first-order valence-electron chi connectivity index (χ1n) is 3.49. The minimum absolute atomic E-state index is 0.145. The summed E-state index contributed by atoms with van der Waals surface area (Å²) in [4.78, 5) is 0. The molecule has 0 fully saturated rings. The van der Waals surface area contributed by atoms with Gasteiger partial charge in [0.15, 0.2) is 0 Å². The maximum Gasteiger partial charge on any atom is 0.128 e. The Labute approximate surface area is 64.5 Å². The molecule has 0 atom stereocenters. The number of nitrogens with one attached hydrogen (secondary N) is 1. The van der Waals surface area contributed by atoms with E-state index in [0.717, 1.165) is 16.9 Å². The van der Waals surface area contributed by atoms with Crippen LogP contribution < -0.4 is 5.32 Å². The van der Waals surface area contributed by atoms with Crippen LogP contribution in [-0.4, -0.2) is 0 Å². The van der Waals surface area contributed by atoms with Crippen LogP contribution in [0.4, 0.5) is 10.1 Å². The lowest BCUT2D eigenvalue weighted by Crippen LogP contribution is -1.86. The maximum absolute atomic E-state index is 13.0. The number of anilines is 1. The van der Waals surface area contributed by atoms with Crippen LogP contribution in [-0.2, 0) is 6.42 Å². The highest BCUT2D eigenvalue weighted by atomic mass is 19.1. The molecule has 1 aromatic carbocycles. The highest BCUT2D eigenvalue weighted by Gasteiger charge is 2.15. The van der Waals surface area contributed by atoms with E-state index in [1.54, 1.807) is 6.07 Å². The topological polar surface area (TPSA) is 12.0 Å². The second-order valence-corrected chi connectivity index (χ2v) is 2.67. The van der Waals surface area contributed by atoms with Crippen LogP contribution in [0.5, 0.6) is 0 Å². The first-order valence-corrected chi connectivity index (χ1v) is 3.49. The molecule has 0 unspecified atom stereocenters. The van der Waals surface area contributed by atoms with Gasteiger partial charge < -0.3 is 5.32 Å². The molecule has 0 aromatic heterocycles. The van der Waals surface area contributed by atoms with Crippen molar-refractivity contribution >= 4 is 5.69 Å². The highest BCUT2D eigenvalue weighted by Crippen LogP contribution is 2.28. The van der Waals surface area contributed by atoms with Gasteiger partial charge >= 0.3 is 0 Å². The fraction of sp³-hybridized carbons (Fsp3) is 0.111. The number of fused-ring (bicyclic) bond motifs is 1.